The van der Waals surface area contributed by atoms with Gasteiger partial charge in [0.25, 0.3) is 0 Å². The molecule has 0 spiro atoms. The topological polar surface area (TPSA) is 35.2 Å². The summed E-state index contributed by atoms with van der Waals surface area (Å²) in [5.74, 6) is 0.497. The van der Waals surface area contributed by atoms with Crippen LogP contribution >= 0.6 is 0 Å². The molecule has 84 valence electrons. The summed E-state index contributed by atoms with van der Waals surface area (Å²) in [7, 11) is 0.786. The first kappa shape index (κ1) is 12.3. The van der Waals surface area contributed by atoms with Gasteiger partial charge in [-0.1, -0.05) is 19.1 Å². The molecule has 0 heterocycles. The van der Waals surface area contributed by atoms with E-state index in [0.29, 0.717) is 5.92 Å². The fourth-order valence-electron chi connectivity index (χ4n) is 1.52. The van der Waals surface area contributed by atoms with Gasteiger partial charge in [-0.25, -0.2) is 0 Å². The Labute approximate surface area is 95.4 Å². The van der Waals surface area contributed by atoms with Gasteiger partial charge in [0.2, 0.25) is 0 Å². The van der Waals surface area contributed by atoms with Crippen LogP contribution in [0, 0.1) is 5.92 Å². The van der Waals surface area contributed by atoms with Crippen molar-refractivity contribution in [3.8, 4) is 0 Å². The van der Waals surface area contributed by atoms with Gasteiger partial charge in [0.05, 0.1) is 5.60 Å². The van der Waals surface area contributed by atoms with Crippen molar-refractivity contribution in [3.05, 3.63) is 29.8 Å². The molecule has 0 saturated heterocycles. The minimum atomic E-state index is -0.0309. The zero-order valence-electron chi connectivity index (χ0n) is 10.1. The highest BCUT2D eigenvalue weighted by molar-refractivity contribution is 5.98. The first-order valence-electron chi connectivity index (χ1n) is 5.35. The molecule has 1 aromatic carbocycles. The summed E-state index contributed by atoms with van der Waals surface area (Å²) in [5, 5.41) is 0. The van der Waals surface area contributed by atoms with Gasteiger partial charge >= 0.3 is 0 Å². The van der Waals surface area contributed by atoms with E-state index in [1.165, 1.54) is 5.56 Å². The summed E-state index contributed by atoms with van der Waals surface area (Å²) in [5.41, 5.74) is 7.84. The Morgan fingerprint density at radius 1 is 1.47 bits per heavy atom. The highest BCUT2D eigenvalue weighted by Gasteiger charge is 2.24. The predicted molar refractivity (Wildman–Crippen MR) is 68.8 cm³/mol. The van der Waals surface area contributed by atoms with Crippen molar-refractivity contribution in [1.29, 1.82) is 0 Å². The van der Waals surface area contributed by atoms with E-state index >= 15 is 0 Å². The van der Waals surface area contributed by atoms with Crippen LogP contribution in [0.3, 0.4) is 0 Å². The van der Waals surface area contributed by atoms with E-state index in [9.17, 15) is 0 Å². The minimum absolute atomic E-state index is 0.0309. The summed E-state index contributed by atoms with van der Waals surface area (Å²) in [6, 6.07) is 8.09. The lowest BCUT2D eigenvalue weighted by molar-refractivity contribution is 0.0619. The second kappa shape index (κ2) is 4.81. The number of anilines is 1. The lowest BCUT2D eigenvalue weighted by atomic mass is 9.87. The fraction of sp³-hybridized carbons (Fsp3) is 0.500. The molecule has 15 heavy (non-hydrogen) atoms. The average Bonchev–Trinajstić information content (AvgIpc) is 2.17. The van der Waals surface area contributed by atoms with Crippen molar-refractivity contribution in [2.45, 2.75) is 32.8 Å². The van der Waals surface area contributed by atoms with Crippen LogP contribution in [0.15, 0.2) is 24.3 Å². The quantitative estimate of drug-likeness (QED) is 0.620. The molecule has 2 N–H and O–H groups in total. The lowest BCUT2D eigenvalue weighted by Crippen LogP contribution is -2.33. The van der Waals surface area contributed by atoms with Crippen molar-refractivity contribution in [3.63, 3.8) is 0 Å². The fourth-order valence-corrected chi connectivity index (χ4v) is 1.92. The van der Waals surface area contributed by atoms with Crippen LogP contribution in [0.5, 0.6) is 0 Å². The number of nitrogens with two attached hydrogens (primary N) is 1. The number of hydrogen-bond acceptors (Lipinski definition) is 2. The van der Waals surface area contributed by atoms with E-state index in [1.54, 1.807) is 0 Å². The molecular weight excluding hydrogens is 202 g/mol. The van der Waals surface area contributed by atoms with Crippen molar-refractivity contribution in [2.75, 3.05) is 5.73 Å². The van der Waals surface area contributed by atoms with Gasteiger partial charge in [-0.2, -0.15) is 0 Å². The Bertz CT molecular complexity index is 325. The van der Waals surface area contributed by atoms with Crippen molar-refractivity contribution < 1.29 is 4.43 Å². The molecule has 0 fully saturated rings. The van der Waals surface area contributed by atoms with Crippen molar-refractivity contribution in [2.24, 2.45) is 5.92 Å². The molecule has 1 atom stereocenters. The largest absolute Gasteiger partial charge is 0.423 e. The summed E-state index contributed by atoms with van der Waals surface area (Å²) < 4.78 is 5.61. The first-order chi connectivity index (χ1) is 6.95. The number of benzene rings is 1. The molecule has 0 aliphatic rings. The summed E-state index contributed by atoms with van der Waals surface area (Å²) in [6.45, 7) is 6.52. The maximum Gasteiger partial charge on any atom is 0.146 e. The molecule has 0 bridgehead atoms. The van der Waals surface area contributed by atoms with E-state index in [1.807, 2.05) is 18.2 Å². The van der Waals surface area contributed by atoms with Gasteiger partial charge in [-0.15, -0.1) is 0 Å². The molecule has 0 aromatic heterocycles. The first-order valence-corrected chi connectivity index (χ1v) is 6.17. The Morgan fingerprint density at radius 2 is 2.13 bits per heavy atom. The molecule has 0 amide bonds. The van der Waals surface area contributed by atoms with Crippen LogP contribution in [0.2, 0.25) is 0 Å². The van der Waals surface area contributed by atoms with Crippen LogP contribution in [0.25, 0.3) is 0 Å². The van der Waals surface area contributed by atoms with Crippen LogP contribution in [-0.4, -0.2) is 16.1 Å². The molecule has 1 aromatic rings. The summed E-state index contributed by atoms with van der Waals surface area (Å²) in [6.07, 6.45) is 1.01. The van der Waals surface area contributed by atoms with Crippen molar-refractivity contribution >= 4 is 16.2 Å². The Balaban J connectivity index is 2.70. The minimum Gasteiger partial charge on any atom is -0.423 e. The van der Waals surface area contributed by atoms with Crippen LogP contribution in [0.4, 0.5) is 5.69 Å². The lowest BCUT2D eigenvalue weighted by Gasteiger charge is -2.31. The monoisotopic (exact) mass is 223 g/mol. The molecule has 0 aliphatic carbocycles. The van der Waals surface area contributed by atoms with Crippen molar-refractivity contribution in [1.82, 2.24) is 0 Å². The normalized spacial score (nSPS) is 14.1. The van der Waals surface area contributed by atoms with Gasteiger partial charge in [0.15, 0.2) is 0 Å². The third-order valence-electron chi connectivity index (χ3n) is 3.21. The van der Waals surface area contributed by atoms with E-state index in [2.05, 4.69) is 26.8 Å². The molecular formula is C12H21NOSi. The SMILES string of the molecule is CC(Cc1cccc(N)c1)C(C)(C)O[SiH3]. The molecule has 0 radical (unpaired) electrons. The van der Waals surface area contributed by atoms with E-state index < -0.39 is 0 Å². The molecule has 1 unspecified atom stereocenters. The number of hydrogen-bond donors (Lipinski definition) is 1. The zero-order valence-corrected chi connectivity index (χ0v) is 12.1. The molecule has 0 aliphatic heterocycles. The van der Waals surface area contributed by atoms with E-state index in [-0.39, 0.29) is 5.60 Å². The highest BCUT2D eigenvalue weighted by Crippen LogP contribution is 2.24. The number of rotatable bonds is 4. The van der Waals surface area contributed by atoms with Gasteiger partial charge in [0.1, 0.15) is 10.5 Å². The molecule has 3 heteroatoms. The molecule has 1 rings (SSSR count). The molecule has 0 saturated carbocycles. The van der Waals surface area contributed by atoms with Crippen LogP contribution in [-0.2, 0) is 10.8 Å². The Morgan fingerprint density at radius 3 is 2.67 bits per heavy atom. The average molecular weight is 223 g/mol. The standard InChI is InChI=1S/C12H21NOSi/c1-9(12(2,3)14-15)7-10-5-4-6-11(13)8-10/h4-6,8-9H,7,13H2,1-3,15H3. The van der Waals surface area contributed by atoms with E-state index in [4.69, 9.17) is 10.2 Å². The van der Waals surface area contributed by atoms with E-state index in [0.717, 1.165) is 22.6 Å². The van der Waals surface area contributed by atoms with Crippen LogP contribution < -0.4 is 5.73 Å². The Kier molecular flexibility index (Phi) is 3.94. The predicted octanol–water partition coefficient (Wildman–Crippen LogP) is 1.52. The summed E-state index contributed by atoms with van der Waals surface area (Å²) in [4.78, 5) is 0. The third kappa shape index (κ3) is 3.36. The van der Waals surface area contributed by atoms with Gasteiger partial charge in [-0.3, -0.25) is 0 Å². The highest BCUT2D eigenvalue weighted by atomic mass is 28.2. The maximum atomic E-state index is 5.75. The molecule has 2 nitrogen and oxygen atoms in total. The Hall–Kier alpha value is -0.803. The van der Waals surface area contributed by atoms with Gasteiger partial charge < -0.3 is 10.2 Å². The number of nitrogen functional groups attached to an aromatic ring is 1. The second-order valence-corrected chi connectivity index (χ2v) is 5.07. The summed E-state index contributed by atoms with van der Waals surface area (Å²) >= 11 is 0. The zero-order chi connectivity index (χ0) is 11.5. The third-order valence-corrected chi connectivity index (χ3v) is 4.26. The smallest absolute Gasteiger partial charge is 0.146 e. The van der Waals surface area contributed by atoms with Crippen LogP contribution in [0.1, 0.15) is 26.3 Å². The second-order valence-electron chi connectivity index (χ2n) is 4.66. The van der Waals surface area contributed by atoms with Gasteiger partial charge in [0, 0.05) is 5.69 Å². The maximum absolute atomic E-state index is 5.75. The van der Waals surface area contributed by atoms with Gasteiger partial charge in [-0.05, 0) is 43.9 Å².